The molecule has 1 aliphatic rings. The average Bonchev–Trinajstić information content (AvgIpc) is 2.69. The third-order valence-electron chi connectivity index (χ3n) is 3.71. The van der Waals surface area contributed by atoms with Crippen molar-refractivity contribution in [3.8, 4) is 0 Å². The molecule has 0 amide bonds. The van der Waals surface area contributed by atoms with Gasteiger partial charge < -0.3 is 5.73 Å². The molecule has 90 valence electrons. The lowest BCUT2D eigenvalue weighted by atomic mass is 9.87. The molecule has 1 fully saturated rings. The van der Waals surface area contributed by atoms with Crippen molar-refractivity contribution in [2.45, 2.75) is 25.7 Å². The van der Waals surface area contributed by atoms with E-state index in [0.29, 0.717) is 12.1 Å². The summed E-state index contributed by atoms with van der Waals surface area (Å²) in [6.45, 7) is 4.52. The van der Waals surface area contributed by atoms with E-state index in [4.69, 9.17) is 5.73 Å². The van der Waals surface area contributed by atoms with Crippen LogP contribution in [-0.2, 0) is 5.41 Å². The van der Waals surface area contributed by atoms with E-state index in [1.165, 1.54) is 12.1 Å². The van der Waals surface area contributed by atoms with Gasteiger partial charge in [-0.25, -0.2) is 8.78 Å². The van der Waals surface area contributed by atoms with Crippen LogP contribution in [0.1, 0.15) is 25.8 Å². The largest absolute Gasteiger partial charge is 0.330 e. The normalized spacial score (nSPS) is 26.1. The lowest BCUT2D eigenvalue weighted by Crippen LogP contribution is -2.26. The quantitative estimate of drug-likeness (QED) is 0.854. The Morgan fingerprint density at radius 2 is 1.88 bits per heavy atom. The summed E-state index contributed by atoms with van der Waals surface area (Å²) in [5, 5.41) is 0. The van der Waals surface area contributed by atoms with Gasteiger partial charge in [0.05, 0.1) is 0 Å². The number of halogens is 3. The highest BCUT2D eigenvalue weighted by Gasteiger charge is 2.61. The molecule has 1 atom stereocenters. The zero-order chi connectivity index (χ0) is 11.3. The van der Waals surface area contributed by atoms with E-state index in [-0.39, 0.29) is 23.2 Å². The van der Waals surface area contributed by atoms with E-state index < -0.39 is 11.6 Å². The molecule has 0 aliphatic heterocycles. The molecule has 16 heavy (non-hydrogen) atoms. The molecular weight excluding hydrogens is 232 g/mol. The van der Waals surface area contributed by atoms with Gasteiger partial charge in [0.1, 0.15) is 11.6 Å². The summed E-state index contributed by atoms with van der Waals surface area (Å²) in [7, 11) is 0. The Balaban J connectivity index is 0.00000128. The van der Waals surface area contributed by atoms with Crippen LogP contribution in [-0.4, -0.2) is 6.54 Å². The van der Waals surface area contributed by atoms with E-state index in [9.17, 15) is 8.78 Å². The highest BCUT2D eigenvalue weighted by molar-refractivity contribution is 5.85. The van der Waals surface area contributed by atoms with Crippen LogP contribution in [0.15, 0.2) is 18.2 Å². The van der Waals surface area contributed by atoms with Gasteiger partial charge in [0.2, 0.25) is 0 Å². The minimum atomic E-state index is -0.540. The smallest absolute Gasteiger partial charge is 0.129 e. The van der Waals surface area contributed by atoms with Crippen molar-refractivity contribution in [2.75, 3.05) is 6.54 Å². The molecule has 1 aliphatic carbocycles. The van der Waals surface area contributed by atoms with Crippen molar-refractivity contribution in [1.82, 2.24) is 0 Å². The second kappa shape index (κ2) is 3.97. The summed E-state index contributed by atoms with van der Waals surface area (Å²) < 4.78 is 26.4. The first-order chi connectivity index (χ1) is 6.93. The second-order valence-corrected chi connectivity index (χ2v) is 4.97. The van der Waals surface area contributed by atoms with Gasteiger partial charge in [-0.05, 0) is 23.5 Å². The summed E-state index contributed by atoms with van der Waals surface area (Å²) in [6.07, 6.45) is 0.860. The third kappa shape index (κ3) is 1.72. The van der Waals surface area contributed by atoms with Gasteiger partial charge in [0, 0.05) is 18.0 Å². The van der Waals surface area contributed by atoms with Crippen LogP contribution in [0.3, 0.4) is 0 Å². The van der Waals surface area contributed by atoms with Crippen LogP contribution in [0.5, 0.6) is 0 Å². The molecule has 0 bridgehead atoms. The molecular formula is C12H16ClF2N. The van der Waals surface area contributed by atoms with E-state index in [1.54, 1.807) is 0 Å². The molecule has 2 N–H and O–H groups in total. The van der Waals surface area contributed by atoms with Crippen LogP contribution in [0.2, 0.25) is 0 Å². The van der Waals surface area contributed by atoms with E-state index in [0.717, 1.165) is 12.5 Å². The van der Waals surface area contributed by atoms with Crippen molar-refractivity contribution < 1.29 is 8.78 Å². The molecule has 1 aromatic rings. The first-order valence-electron chi connectivity index (χ1n) is 5.08. The highest BCUT2D eigenvalue weighted by Crippen LogP contribution is 2.63. The number of rotatable bonds is 2. The summed E-state index contributed by atoms with van der Waals surface area (Å²) in [4.78, 5) is 0. The Morgan fingerprint density at radius 1 is 1.31 bits per heavy atom. The van der Waals surface area contributed by atoms with Crippen LogP contribution in [0.25, 0.3) is 0 Å². The van der Waals surface area contributed by atoms with Gasteiger partial charge in [0.15, 0.2) is 0 Å². The van der Waals surface area contributed by atoms with Gasteiger partial charge in [0.25, 0.3) is 0 Å². The zero-order valence-corrected chi connectivity index (χ0v) is 10.2. The summed E-state index contributed by atoms with van der Waals surface area (Å²) in [6, 6.07) is 3.75. The molecule has 1 unspecified atom stereocenters. The predicted octanol–water partition coefficient (Wildman–Crippen LogP) is 3.01. The van der Waals surface area contributed by atoms with Crippen molar-refractivity contribution >= 4 is 12.4 Å². The molecule has 1 nitrogen and oxygen atoms in total. The Hall–Kier alpha value is -0.670. The van der Waals surface area contributed by atoms with Crippen LogP contribution in [0.4, 0.5) is 8.78 Å². The molecule has 2 rings (SSSR count). The van der Waals surface area contributed by atoms with E-state index >= 15 is 0 Å². The molecule has 0 aromatic heterocycles. The summed E-state index contributed by atoms with van der Waals surface area (Å²) >= 11 is 0. The number of hydrogen-bond donors (Lipinski definition) is 1. The number of nitrogens with two attached hydrogens (primary N) is 1. The van der Waals surface area contributed by atoms with Crippen molar-refractivity contribution in [3.63, 3.8) is 0 Å². The Morgan fingerprint density at radius 3 is 2.25 bits per heavy atom. The summed E-state index contributed by atoms with van der Waals surface area (Å²) in [5.41, 5.74) is 5.99. The first kappa shape index (κ1) is 13.4. The molecule has 0 heterocycles. The van der Waals surface area contributed by atoms with Crippen LogP contribution in [0, 0.1) is 17.0 Å². The molecule has 1 aromatic carbocycles. The van der Waals surface area contributed by atoms with E-state index in [2.05, 4.69) is 13.8 Å². The minimum Gasteiger partial charge on any atom is -0.330 e. The van der Waals surface area contributed by atoms with Crippen molar-refractivity contribution in [3.05, 3.63) is 35.4 Å². The molecule has 4 heteroatoms. The topological polar surface area (TPSA) is 26.0 Å². The second-order valence-electron chi connectivity index (χ2n) is 4.97. The van der Waals surface area contributed by atoms with E-state index in [1.807, 2.05) is 0 Å². The highest BCUT2D eigenvalue weighted by atomic mass is 35.5. The Labute approximate surface area is 100 Å². The maximum atomic E-state index is 13.6. The van der Waals surface area contributed by atoms with Gasteiger partial charge in [-0.3, -0.25) is 0 Å². The predicted molar refractivity (Wildman–Crippen MR) is 62.7 cm³/mol. The lowest BCUT2D eigenvalue weighted by molar-refractivity contribution is 0.473. The SMILES string of the molecule is CC1(C)CC1(CN)c1ccc(F)cc1F.Cl. The molecule has 0 saturated heterocycles. The van der Waals surface area contributed by atoms with Crippen molar-refractivity contribution in [1.29, 1.82) is 0 Å². The fraction of sp³-hybridized carbons (Fsp3) is 0.500. The molecule has 1 saturated carbocycles. The zero-order valence-electron chi connectivity index (χ0n) is 9.39. The Bertz CT molecular complexity index is 406. The minimum absolute atomic E-state index is 0. The van der Waals surface area contributed by atoms with Crippen LogP contribution >= 0.6 is 12.4 Å². The fourth-order valence-electron chi connectivity index (χ4n) is 2.51. The first-order valence-corrected chi connectivity index (χ1v) is 5.08. The average molecular weight is 248 g/mol. The van der Waals surface area contributed by atoms with Crippen molar-refractivity contribution in [2.24, 2.45) is 11.1 Å². The number of benzene rings is 1. The van der Waals surface area contributed by atoms with Gasteiger partial charge >= 0.3 is 0 Å². The maximum Gasteiger partial charge on any atom is 0.129 e. The van der Waals surface area contributed by atoms with Gasteiger partial charge in [-0.1, -0.05) is 19.9 Å². The van der Waals surface area contributed by atoms with Crippen LogP contribution < -0.4 is 5.73 Å². The standard InChI is InChI=1S/C12H15F2N.ClH/c1-11(2)6-12(11,7-15)9-4-3-8(13)5-10(9)14;/h3-5H,6-7,15H2,1-2H3;1H. The fourth-order valence-corrected chi connectivity index (χ4v) is 2.51. The van der Waals surface area contributed by atoms with Gasteiger partial charge in [-0.15, -0.1) is 12.4 Å². The number of hydrogen-bond acceptors (Lipinski definition) is 1. The maximum absolute atomic E-state index is 13.6. The Kier molecular flexibility index (Phi) is 3.32. The van der Waals surface area contributed by atoms with Gasteiger partial charge in [-0.2, -0.15) is 0 Å². The monoisotopic (exact) mass is 247 g/mol. The third-order valence-corrected chi connectivity index (χ3v) is 3.71. The molecule has 0 spiro atoms. The summed E-state index contributed by atoms with van der Waals surface area (Å²) in [5.74, 6) is -1.02. The lowest BCUT2D eigenvalue weighted by Gasteiger charge is -2.19. The molecule has 0 radical (unpaired) electrons.